The van der Waals surface area contributed by atoms with Crippen molar-refractivity contribution in [3.05, 3.63) is 60.2 Å². The van der Waals surface area contributed by atoms with E-state index in [0.717, 1.165) is 51.5 Å². The molecule has 156 valence electrons. The van der Waals surface area contributed by atoms with Crippen molar-refractivity contribution in [1.82, 2.24) is 9.80 Å². The van der Waals surface area contributed by atoms with Gasteiger partial charge in [-0.2, -0.15) is 0 Å². The van der Waals surface area contributed by atoms with Crippen LogP contribution in [0.15, 0.2) is 54.6 Å². The van der Waals surface area contributed by atoms with Crippen LogP contribution in [-0.4, -0.2) is 62.2 Å². The highest BCUT2D eigenvalue weighted by Gasteiger charge is 2.17. The summed E-state index contributed by atoms with van der Waals surface area (Å²) >= 11 is 0. The zero-order valence-corrected chi connectivity index (χ0v) is 17.6. The van der Waals surface area contributed by atoms with Gasteiger partial charge in [-0.15, -0.1) is 0 Å². The van der Waals surface area contributed by atoms with Crippen LogP contribution in [0.5, 0.6) is 5.75 Å². The van der Waals surface area contributed by atoms with Crippen LogP contribution in [0.2, 0.25) is 0 Å². The number of hydrogen-bond acceptors (Lipinski definition) is 4. The van der Waals surface area contributed by atoms with Gasteiger partial charge in [-0.3, -0.25) is 4.90 Å². The number of nitrogens with zero attached hydrogens (tertiary/aromatic N) is 3. The molecule has 0 atom stereocenters. The van der Waals surface area contributed by atoms with Gasteiger partial charge in [0.25, 0.3) is 0 Å². The number of ether oxygens (including phenoxy) is 1. The maximum Gasteiger partial charge on any atom is 0.119 e. The molecule has 0 aromatic heterocycles. The number of piperazine rings is 1. The van der Waals surface area contributed by atoms with Gasteiger partial charge in [0.15, 0.2) is 0 Å². The summed E-state index contributed by atoms with van der Waals surface area (Å²) < 4.78 is 5.96. The van der Waals surface area contributed by atoms with Crippen LogP contribution in [0.25, 0.3) is 0 Å². The predicted molar refractivity (Wildman–Crippen MR) is 121 cm³/mol. The van der Waals surface area contributed by atoms with Crippen molar-refractivity contribution in [1.29, 1.82) is 0 Å². The van der Waals surface area contributed by atoms with Gasteiger partial charge in [-0.1, -0.05) is 36.8 Å². The molecule has 0 aliphatic carbocycles. The van der Waals surface area contributed by atoms with E-state index in [4.69, 9.17) is 4.74 Å². The first-order chi connectivity index (χ1) is 14.4. The smallest absolute Gasteiger partial charge is 0.119 e. The molecule has 2 saturated heterocycles. The summed E-state index contributed by atoms with van der Waals surface area (Å²) in [5.74, 6) is 1.00. The Bertz CT molecular complexity index is 705. The average Bonchev–Trinajstić information content (AvgIpc) is 2.80. The SMILES string of the molecule is c1ccc(N2CCN(Cc3ccc(OCCCN4CCCCC4)cc3)CC2)cc1. The lowest BCUT2D eigenvalue weighted by molar-refractivity contribution is 0.205. The van der Waals surface area contributed by atoms with Gasteiger partial charge in [0.05, 0.1) is 6.61 Å². The number of piperidine rings is 1. The highest BCUT2D eigenvalue weighted by atomic mass is 16.5. The molecule has 4 nitrogen and oxygen atoms in total. The third kappa shape index (κ3) is 6.22. The van der Waals surface area contributed by atoms with E-state index in [1.54, 1.807) is 0 Å². The van der Waals surface area contributed by atoms with E-state index in [0.29, 0.717) is 0 Å². The molecule has 2 heterocycles. The number of para-hydroxylation sites is 1. The van der Waals surface area contributed by atoms with Gasteiger partial charge >= 0.3 is 0 Å². The first-order valence-electron chi connectivity index (χ1n) is 11.3. The van der Waals surface area contributed by atoms with Crippen molar-refractivity contribution in [2.75, 3.05) is 57.3 Å². The van der Waals surface area contributed by atoms with Crippen LogP contribution in [-0.2, 0) is 6.54 Å². The molecule has 0 saturated carbocycles. The summed E-state index contributed by atoms with van der Waals surface area (Å²) in [5, 5.41) is 0. The Morgan fingerprint density at radius 2 is 1.41 bits per heavy atom. The molecule has 2 fully saturated rings. The van der Waals surface area contributed by atoms with Crippen molar-refractivity contribution in [2.24, 2.45) is 0 Å². The monoisotopic (exact) mass is 393 g/mol. The Balaban J connectivity index is 1.15. The highest BCUT2D eigenvalue weighted by Crippen LogP contribution is 2.18. The molecular weight excluding hydrogens is 358 g/mol. The van der Waals surface area contributed by atoms with E-state index in [2.05, 4.69) is 69.3 Å². The maximum absolute atomic E-state index is 5.96. The van der Waals surface area contributed by atoms with E-state index < -0.39 is 0 Å². The molecule has 0 bridgehead atoms. The number of likely N-dealkylation sites (tertiary alicyclic amines) is 1. The molecule has 2 aliphatic heterocycles. The zero-order chi connectivity index (χ0) is 19.7. The van der Waals surface area contributed by atoms with Gasteiger partial charge < -0.3 is 14.5 Å². The zero-order valence-electron chi connectivity index (χ0n) is 17.6. The topological polar surface area (TPSA) is 19.0 Å². The lowest BCUT2D eigenvalue weighted by Crippen LogP contribution is -2.45. The molecule has 0 N–H and O–H groups in total. The molecule has 0 amide bonds. The summed E-state index contributed by atoms with van der Waals surface area (Å²) in [6.45, 7) is 9.99. The molecular formula is C25H35N3O. The Morgan fingerprint density at radius 1 is 0.690 bits per heavy atom. The van der Waals surface area contributed by atoms with Gasteiger partial charge in [-0.05, 0) is 62.2 Å². The normalized spacial score (nSPS) is 18.7. The second kappa shape index (κ2) is 10.7. The van der Waals surface area contributed by atoms with Crippen LogP contribution in [0, 0.1) is 0 Å². The fourth-order valence-corrected chi connectivity index (χ4v) is 4.41. The molecule has 29 heavy (non-hydrogen) atoms. The second-order valence-electron chi connectivity index (χ2n) is 8.35. The summed E-state index contributed by atoms with van der Waals surface area (Å²) in [6, 6.07) is 19.5. The van der Waals surface area contributed by atoms with Crippen molar-refractivity contribution in [2.45, 2.75) is 32.2 Å². The maximum atomic E-state index is 5.96. The first kappa shape index (κ1) is 20.2. The summed E-state index contributed by atoms with van der Waals surface area (Å²) in [5.41, 5.74) is 2.72. The number of rotatable bonds is 8. The van der Waals surface area contributed by atoms with Crippen LogP contribution >= 0.6 is 0 Å². The van der Waals surface area contributed by atoms with E-state index in [1.807, 2.05) is 0 Å². The minimum absolute atomic E-state index is 0.817. The quantitative estimate of drug-likeness (QED) is 0.624. The molecule has 2 aromatic carbocycles. The van der Waals surface area contributed by atoms with Crippen molar-refractivity contribution in [3.8, 4) is 5.75 Å². The Morgan fingerprint density at radius 3 is 2.14 bits per heavy atom. The summed E-state index contributed by atoms with van der Waals surface area (Å²) in [7, 11) is 0. The minimum atomic E-state index is 0.817. The lowest BCUT2D eigenvalue weighted by atomic mass is 10.1. The summed E-state index contributed by atoms with van der Waals surface area (Å²) in [4.78, 5) is 7.61. The van der Waals surface area contributed by atoms with E-state index in [1.165, 1.54) is 50.1 Å². The summed E-state index contributed by atoms with van der Waals surface area (Å²) in [6.07, 6.45) is 5.25. The van der Waals surface area contributed by atoms with Crippen molar-refractivity contribution < 1.29 is 4.74 Å². The fourth-order valence-electron chi connectivity index (χ4n) is 4.41. The Hall–Kier alpha value is -2.04. The van der Waals surface area contributed by atoms with Crippen LogP contribution in [0.3, 0.4) is 0 Å². The third-order valence-electron chi connectivity index (χ3n) is 6.16. The van der Waals surface area contributed by atoms with Crippen LogP contribution < -0.4 is 9.64 Å². The average molecular weight is 394 g/mol. The standard InChI is InChI=1S/C25H35N3O/c1-3-8-24(9-4-1)28-19-17-27(18-20-28)22-23-10-12-25(13-11-23)29-21-7-16-26-14-5-2-6-15-26/h1,3-4,8-13H,2,5-7,14-22H2. The number of benzene rings is 2. The molecule has 2 aromatic rings. The van der Waals surface area contributed by atoms with Crippen molar-refractivity contribution >= 4 is 5.69 Å². The highest BCUT2D eigenvalue weighted by molar-refractivity contribution is 5.46. The molecule has 4 heteroatoms. The van der Waals surface area contributed by atoms with E-state index in [-0.39, 0.29) is 0 Å². The van der Waals surface area contributed by atoms with Gasteiger partial charge in [-0.25, -0.2) is 0 Å². The first-order valence-corrected chi connectivity index (χ1v) is 11.3. The molecule has 0 unspecified atom stereocenters. The third-order valence-corrected chi connectivity index (χ3v) is 6.16. The molecule has 4 rings (SSSR count). The van der Waals surface area contributed by atoms with Crippen LogP contribution in [0.4, 0.5) is 5.69 Å². The lowest BCUT2D eigenvalue weighted by Gasteiger charge is -2.36. The molecule has 0 radical (unpaired) electrons. The van der Waals surface area contributed by atoms with Gasteiger partial charge in [0, 0.05) is 45.0 Å². The predicted octanol–water partition coefficient (Wildman–Crippen LogP) is 4.26. The Kier molecular flexibility index (Phi) is 7.44. The van der Waals surface area contributed by atoms with Crippen molar-refractivity contribution in [3.63, 3.8) is 0 Å². The van der Waals surface area contributed by atoms with E-state index in [9.17, 15) is 0 Å². The molecule has 0 spiro atoms. The minimum Gasteiger partial charge on any atom is -0.494 e. The largest absolute Gasteiger partial charge is 0.494 e. The fraction of sp³-hybridized carbons (Fsp3) is 0.520. The molecule has 2 aliphatic rings. The van der Waals surface area contributed by atoms with Crippen LogP contribution in [0.1, 0.15) is 31.2 Å². The second-order valence-corrected chi connectivity index (χ2v) is 8.35. The number of hydrogen-bond donors (Lipinski definition) is 0. The Labute approximate surface area is 176 Å². The number of anilines is 1. The van der Waals surface area contributed by atoms with Gasteiger partial charge in [0.1, 0.15) is 5.75 Å². The van der Waals surface area contributed by atoms with E-state index >= 15 is 0 Å². The van der Waals surface area contributed by atoms with Gasteiger partial charge in [0.2, 0.25) is 0 Å².